The highest BCUT2D eigenvalue weighted by molar-refractivity contribution is 5.76. The summed E-state index contributed by atoms with van der Waals surface area (Å²) in [7, 11) is 0. The standard InChI is InChI=1S/C33H41NO13/c1-21(36)41-19-29(45-23(3)38)31-30(46-24(4)39)28(44-22(2)37)15-33(20-35,47-31)43-18-27(34-16-25-11-7-5-8-12-25)32(40)42-17-26-13-9-6-10-14-26/h5-14,27-31,34-35H,15-20H2,1-4H3/t27?,28-,29-,30-,31-,33-/m1/s1. The minimum absolute atomic E-state index is 0.00822. The van der Waals surface area contributed by atoms with Gasteiger partial charge in [0.1, 0.15) is 31.5 Å². The van der Waals surface area contributed by atoms with E-state index < -0.39 is 85.9 Å². The predicted octanol–water partition coefficient (Wildman–Crippen LogP) is 1.74. The fourth-order valence-corrected chi connectivity index (χ4v) is 4.90. The maximum absolute atomic E-state index is 13.3. The smallest absolute Gasteiger partial charge is 0.325 e. The second kappa shape index (κ2) is 18.1. The Labute approximate surface area is 272 Å². The van der Waals surface area contributed by atoms with E-state index in [9.17, 15) is 29.1 Å². The normalized spacial score (nSPS) is 21.9. The number of rotatable bonds is 16. The lowest BCUT2D eigenvalue weighted by Gasteiger charge is -2.48. The molecule has 0 saturated carbocycles. The average Bonchev–Trinajstić information content (AvgIpc) is 3.03. The third-order valence-electron chi connectivity index (χ3n) is 6.97. The van der Waals surface area contributed by atoms with E-state index in [1.807, 2.05) is 48.5 Å². The van der Waals surface area contributed by atoms with Gasteiger partial charge in [0, 0.05) is 40.7 Å². The summed E-state index contributed by atoms with van der Waals surface area (Å²) >= 11 is 0. The molecule has 1 aliphatic heterocycles. The van der Waals surface area contributed by atoms with Crippen LogP contribution in [0.5, 0.6) is 0 Å². The van der Waals surface area contributed by atoms with Gasteiger partial charge >= 0.3 is 29.8 Å². The van der Waals surface area contributed by atoms with Crippen molar-refractivity contribution in [3.8, 4) is 0 Å². The van der Waals surface area contributed by atoms with Gasteiger partial charge in [0.05, 0.1) is 13.2 Å². The molecule has 256 valence electrons. The molecule has 6 atom stereocenters. The quantitative estimate of drug-likeness (QED) is 0.196. The Morgan fingerprint density at radius 1 is 0.830 bits per heavy atom. The first kappa shape index (κ1) is 37.1. The van der Waals surface area contributed by atoms with E-state index in [1.165, 1.54) is 0 Å². The van der Waals surface area contributed by atoms with Gasteiger partial charge in [0.15, 0.2) is 18.0 Å². The number of hydrogen-bond donors (Lipinski definition) is 2. The number of aliphatic hydroxyl groups is 1. The molecule has 2 aromatic carbocycles. The Balaban J connectivity index is 1.92. The van der Waals surface area contributed by atoms with Crippen LogP contribution in [0, 0.1) is 0 Å². The molecule has 0 aliphatic carbocycles. The van der Waals surface area contributed by atoms with E-state index in [1.54, 1.807) is 12.1 Å². The molecule has 0 amide bonds. The number of esters is 5. The van der Waals surface area contributed by atoms with Crippen LogP contribution in [0.4, 0.5) is 0 Å². The molecule has 0 spiro atoms. The van der Waals surface area contributed by atoms with Crippen molar-refractivity contribution in [1.29, 1.82) is 0 Å². The first-order valence-electron chi connectivity index (χ1n) is 15.0. The maximum atomic E-state index is 13.3. The first-order valence-corrected chi connectivity index (χ1v) is 15.0. The lowest BCUT2D eigenvalue weighted by atomic mass is 9.92. The van der Waals surface area contributed by atoms with Crippen molar-refractivity contribution >= 4 is 29.8 Å². The molecule has 0 radical (unpaired) electrons. The number of carbonyl (C=O) groups excluding carboxylic acids is 5. The van der Waals surface area contributed by atoms with Crippen LogP contribution in [0.25, 0.3) is 0 Å². The summed E-state index contributed by atoms with van der Waals surface area (Å²) in [6.45, 7) is 2.97. The van der Waals surface area contributed by atoms with Crippen LogP contribution >= 0.6 is 0 Å². The van der Waals surface area contributed by atoms with Gasteiger partial charge in [-0.3, -0.25) is 29.3 Å². The van der Waals surface area contributed by atoms with E-state index in [0.717, 1.165) is 38.8 Å². The molecule has 1 saturated heterocycles. The highest BCUT2D eigenvalue weighted by Crippen LogP contribution is 2.36. The van der Waals surface area contributed by atoms with Crippen molar-refractivity contribution in [2.24, 2.45) is 0 Å². The summed E-state index contributed by atoms with van der Waals surface area (Å²) in [4.78, 5) is 61.3. The van der Waals surface area contributed by atoms with Crippen molar-refractivity contribution in [3.63, 3.8) is 0 Å². The number of hydrogen-bond acceptors (Lipinski definition) is 14. The van der Waals surface area contributed by atoms with Crippen LogP contribution in [-0.2, 0) is 70.3 Å². The van der Waals surface area contributed by atoms with Crippen LogP contribution in [0.2, 0.25) is 0 Å². The first-order chi connectivity index (χ1) is 22.4. The molecule has 2 N–H and O–H groups in total. The van der Waals surface area contributed by atoms with Gasteiger partial charge in [-0.05, 0) is 11.1 Å². The molecular formula is C33H41NO13. The molecule has 1 heterocycles. The van der Waals surface area contributed by atoms with Gasteiger partial charge in [-0.1, -0.05) is 60.7 Å². The van der Waals surface area contributed by atoms with Crippen LogP contribution < -0.4 is 5.32 Å². The van der Waals surface area contributed by atoms with E-state index in [-0.39, 0.29) is 19.6 Å². The van der Waals surface area contributed by atoms with Gasteiger partial charge < -0.3 is 38.3 Å². The summed E-state index contributed by atoms with van der Waals surface area (Å²) in [6, 6.07) is 17.3. The van der Waals surface area contributed by atoms with E-state index in [2.05, 4.69) is 5.32 Å². The average molecular weight is 660 g/mol. The second-order valence-corrected chi connectivity index (χ2v) is 10.9. The van der Waals surface area contributed by atoms with Gasteiger partial charge in [-0.25, -0.2) is 0 Å². The zero-order valence-corrected chi connectivity index (χ0v) is 26.7. The van der Waals surface area contributed by atoms with E-state index in [0.29, 0.717) is 0 Å². The lowest BCUT2D eigenvalue weighted by molar-refractivity contribution is -0.345. The summed E-state index contributed by atoms with van der Waals surface area (Å²) in [5, 5.41) is 13.8. The molecule has 14 nitrogen and oxygen atoms in total. The third-order valence-corrected chi connectivity index (χ3v) is 6.97. The highest BCUT2D eigenvalue weighted by Gasteiger charge is 2.55. The third kappa shape index (κ3) is 12.1. The van der Waals surface area contributed by atoms with Crippen molar-refractivity contribution in [3.05, 3.63) is 71.8 Å². The van der Waals surface area contributed by atoms with Crippen LogP contribution in [0.3, 0.4) is 0 Å². The number of benzene rings is 2. The Hall–Kier alpha value is -4.37. The van der Waals surface area contributed by atoms with Crippen LogP contribution in [-0.4, -0.2) is 91.0 Å². The maximum Gasteiger partial charge on any atom is 0.325 e. The Morgan fingerprint density at radius 2 is 1.45 bits per heavy atom. The summed E-state index contributed by atoms with van der Waals surface area (Å²) in [5.74, 6) is -5.67. The molecule has 0 bridgehead atoms. The van der Waals surface area contributed by atoms with Crippen LogP contribution in [0.1, 0.15) is 45.2 Å². The van der Waals surface area contributed by atoms with Crippen LogP contribution in [0.15, 0.2) is 60.7 Å². The van der Waals surface area contributed by atoms with Gasteiger partial charge in [0.25, 0.3) is 0 Å². The van der Waals surface area contributed by atoms with E-state index >= 15 is 0 Å². The molecule has 1 fully saturated rings. The zero-order valence-electron chi connectivity index (χ0n) is 26.7. The van der Waals surface area contributed by atoms with Gasteiger partial charge in [0.2, 0.25) is 0 Å². The Morgan fingerprint density at radius 3 is 2.00 bits per heavy atom. The summed E-state index contributed by atoms with van der Waals surface area (Å²) in [5.41, 5.74) is 1.63. The molecule has 3 rings (SSSR count). The molecule has 1 aliphatic rings. The highest BCUT2D eigenvalue weighted by atomic mass is 16.7. The fourth-order valence-electron chi connectivity index (χ4n) is 4.90. The Kier molecular flexibility index (Phi) is 14.3. The summed E-state index contributed by atoms with van der Waals surface area (Å²) in [6.07, 6.45) is -5.87. The lowest BCUT2D eigenvalue weighted by Crippen LogP contribution is -2.64. The fraction of sp³-hybridized carbons (Fsp3) is 0.485. The number of ether oxygens (including phenoxy) is 7. The molecule has 1 unspecified atom stereocenters. The SMILES string of the molecule is CC(=O)OC[C@@H](OC(C)=O)[C@H]1O[C@](CO)(OCC(NCc2ccccc2)C(=O)OCc2ccccc2)C[C@@H](OC(C)=O)[C@H]1OC(C)=O. The molecular weight excluding hydrogens is 618 g/mol. The van der Waals surface area contributed by atoms with Crippen molar-refractivity contribution in [2.45, 2.75) is 83.5 Å². The van der Waals surface area contributed by atoms with Crippen molar-refractivity contribution in [1.82, 2.24) is 5.32 Å². The number of nitrogens with one attached hydrogen (secondary N) is 1. The molecule has 2 aromatic rings. The minimum atomic E-state index is -1.98. The zero-order chi connectivity index (χ0) is 34.4. The predicted molar refractivity (Wildman–Crippen MR) is 162 cm³/mol. The van der Waals surface area contributed by atoms with Crippen molar-refractivity contribution < 1.29 is 62.2 Å². The minimum Gasteiger partial charge on any atom is -0.462 e. The second-order valence-electron chi connectivity index (χ2n) is 10.9. The number of aliphatic hydroxyl groups excluding tert-OH is 1. The van der Waals surface area contributed by atoms with E-state index in [4.69, 9.17) is 33.2 Å². The largest absolute Gasteiger partial charge is 0.462 e. The number of carbonyl (C=O) groups is 5. The Bertz CT molecular complexity index is 1340. The molecule has 14 heteroatoms. The summed E-state index contributed by atoms with van der Waals surface area (Å²) < 4.78 is 39.2. The van der Waals surface area contributed by atoms with Gasteiger partial charge in [-0.15, -0.1) is 0 Å². The monoisotopic (exact) mass is 659 g/mol. The topological polar surface area (TPSA) is 182 Å². The molecule has 47 heavy (non-hydrogen) atoms. The molecule has 0 aromatic heterocycles. The van der Waals surface area contributed by atoms with Crippen molar-refractivity contribution in [2.75, 3.05) is 19.8 Å². The van der Waals surface area contributed by atoms with Gasteiger partial charge in [-0.2, -0.15) is 0 Å².